The van der Waals surface area contributed by atoms with E-state index in [-0.39, 0.29) is 17.9 Å². The SMILES string of the molecule is CNc1cc(F)cc2c1[nH]c1nc(Oc3cnc(C(C)O)nc3)nc(N3CC4CC(N)C4C3)c12. The first-order valence-electron chi connectivity index (χ1n) is 11.3. The van der Waals surface area contributed by atoms with Crippen molar-refractivity contribution >= 4 is 33.4 Å². The van der Waals surface area contributed by atoms with Crippen molar-refractivity contribution in [3.63, 3.8) is 0 Å². The summed E-state index contributed by atoms with van der Waals surface area (Å²) in [6.07, 6.45) is 3.16. The highest BCUT2D eigenvalue weighted by Gasteiger charge is 2.46. The molecule has 1 saturated heterocycles. The molecule has 2 aliphatic rings. The van der Waals surface area contributed by atoms with Crippen LogP contribution in [0.5, 0.6) is 11.8 Å². The van der Waals surface area contributed by atoms with Crippen molar-refractivity contribution in [2.75, 3.05) is 30.4 Å². The van der Waals surface area contributed by atoms with Crippen molar-refractivity contribution in [2.45, 2.75) is 25.5 Å². The summed E-state index contributed by atoms with van der Waals surface area (Å²) in [5, 5.41) is 14.1. The van der Waals surface area contributed by atoms with Crippen LogP contribution in [-0.2, 0) is 0 Å². The number of aromatic nitrogens is 5. The first kappa shape index (κ1) is 21.0. The Bertz CT molecular complexity index is 1390. The zero-order chi connectivity index (χ0) is 23.6. The van der Waals surface area contributed by atoms with Crippen molar-refractivity contribution in [1.82, 2.24) is 24.9 Å². The summed E-state index contributed by atoms with van der Waals surface area (Å²) in [4.78, 5) is 23.1. The number of fused-ring (bicyclic) bond motifs is 4. The van der Waals surface area contributed by atoms with Gasteiger partial charge in [-0.2, -0.15) is 9.97 Å². The minimum atomic E-state index is -0.779. The number of halogens is 1. The molecule has 1 aromatic carbocycles. The van der Waals surface area contributed by atoms with E-state index >= 15 is 0 Å². The summed E-state index contributed by atoms with van der Waals surface area (Å²) in [7, 11) is 1.75. The van der Waals surface area contributed by atoms with E-state index in [2.05, 4.69) is 30.2 Å². The number of nitrogens with one attached hydrogen (secondary N) is 2. The van der Waals surface area contributed by atoms with Gasteiger partial charge in [-0.3, -0.25) is 0 Å². The monoisotopic (exact) mass is 464 g/mol. The van der Waals surface area contributed by atoms with Crippen LogP contribution in [0, 0.1) is 17.7 Å². The number of aliphatic hydroxyl groups excluding tert-OH is 1. The third-order valence-electron chi connectivity index (χ3n) is 6.90. The lowest BCUT2D eigenvalue weighted by Gasteiger charge is -2.36. The standard InChI is InChI=1S/C23H25FN8O2/c1-10(33)20-27-6-13(7-28-20)34-23-30-21-18(14-4-12(24)5-17(26-2)19(14)29-21)22(31-23)32-8-11-3-16(25)15(11)9-32/h4-7,10-11,15-16,26,33H,3,8-9,25H2,1-2H3,(H,29,30,31). The van der Waals surface area contributed by atoms with Crippen LogP contribution >= 0.6 is 0 Å². The molecule has 1 aliphatic carbocycles. The van der Waals surface area contributed by atoms with Gasteiger partial charge in [-0.25, -0.2) is 14.4 Å². The predicted octanol–water partition coefficient (Wildman–Crippen LogP) is 2.71. The van der Waals surface area contributed by atoms with Gasteiger partial charge in [0.15, 0.2) is 11.6 Å². The van der Waals surface area contributed by atoms with E-state index in [1.165, 1.54) is 24.5 Å². The Labute approximate surface area is 194 Å². The lowest BCUT2D eigenvalue weighted by Crippen LogP contribution is -2.46. The molecule has 0 radical (unpaired) electrons. The Morgan fingerprint density at radius 2 is 2.06 bits per heavy atom. The number of anilines is 2. The molecule has 3 aromatic heterocycles. The lowest BCUT2D eigenvalue weighted by atomic mass is 9.72. The number of nitrogens with two attached hydrogens (primary N) is 1. The summed E-state index contributed by atoms with van der Waals surface area (Å²) in [5.41, 5.74) is 8.15. The van der Waals surface area contributed by atoms with E-state index in [4.69, 9.17) is 15.5 Å². The second kappa shape index (κ2) is 7.74. The van der Waals surface area contributed by atoms with Crippen LogP contribution in [0.25, 0.3) is 21.9 Å². The zero-order valence-corrected chi connectivity index (χ0v) is 18.8. The Kier molecular flexibility index (Phi) is 4.78. The van der Waals surface area contributed by atoms with Crippen LogP contribution in [0.1, 0.15) is 25.3 Å². The highest BCUT2D eigenvalue weighted by molar-refractivity contribution is 6.14. The zero-order valence-electron chi connectivity index (χ0n) is 18.8. The second-order valence-corrected chi connectivity index (χ2v) is 9.09. The number of ether oxygens (including phenoxy) is 1. The molecule has 34 heavy (non-hydrogen) atoms. The van der Waals surface area contributed by atoms with Crippen LogP contribution in [0.3, 0.4) is 0 Å². The summed E-state index contributed by atoms with van der Waals surface area (Å²) < 4.78 is 20.4. The Morgan fingerprint density at radius 3 is 2.74 bits per heavy atom. The highest BCUT2D eigenvalue weighted by atomic mass is 19.1. The smallest absolute Gasteiger partial charge is 0.326 e. The number of H-pyrrole nitrogens is 1. The minimum Gasteiger partial charge on any atom is -0.421 e. The second-order valence-electron chi connectivity index (χ2n) is 9.09. The molecule has 4 aromatic rings. The van der Waals surface area contributed by atoms with Crippen molar-refractivity contribution < 1.29 is 14.2 Å². The third-order valence-corrected chi connectivity index (χ3v) is 6.90. The predicted molar refractivity (Wildman–Crippen MR) is 125 cm³/mol. The maximum Gasteiger partial charge on any atom is 0.326 e. The van der Waals surface area contributed by atoms with Crippen molar-refractivity contribution in [3.05, 3.63) is 36.2 Å². The van der Waals surface area contributed by atoms with Gasteiger partial charge in [-0.05, 0) is 37.3 Å². The van der Waals surface area contributed by atoms with Crippen LogP contribution in [0.2, 0.25) is 0 Å². The quantitative estimate of drug-likeness (QED) is 0.351. The van der Waals surface area contributed by atoms with E-state index in [9.17, 15) is 9.50 Å². The van der Waals surface area contributed by atoms with Gasteiger partial charge in [-0.1, -0.05) is 0 Å². The fourth-order valence-electron chi connectivity index (χ4n) is 5.13. The van der Waals surface area contributed by atoms with Gasteiger partial charge in [0.1, 0.15) is 23.4 Å². The molecule has 1 saturated carbocycles. The number of benzene rings is 1. The molecule has 4 atom stereocenters. The average molecular weight is 465 g/mol. The maximum atomic E-state index is 14.5. The number of hydrogen-bond acceptors (Lipinski definition) is 9. The summed E-state index contributed by atoms with van der Waals surface area (Å²) in [6.45, 7) is 3.20. The molecule has 0 spiro atoms. The summed E-state index contributed by atoms with van der Waals surface area (Å²) in [5.74, 6) is 1.93. The molecular formula is C23H25FN8O2. The number of aliphatic hydroxyl groups is 1. The lowest BCUT2D eigenvalue weighted by molar-refractivity contribution is 0.188. The molecule has 0 amide bonds. The van der Waals surface area contributed by atoms with Crippen LogP contribution < -0.4 is 20.7 Å². The van der Waals surface area contributed by atoms with Gasteiger partial charge in [0.2, 0.25) is 0 Å². The van der Waals surface area contributed by atoms with Crippen molar-refractivity contribution in [3.8, 4) is 11.8 Å². The number of aromatic amines is 1. The minimum absolute atomic E-state index is 0.123. The molecule has 176 valence electrons. The van der Waals surface area contributed by atoms with Crippen LogP contribution in [0.4, 0.5) is 15.9 Å². The molecular weight excluding hydrogens is 439 g/mol. The first-order chi connectivity index (χ1) is 16.4. The Hall–Kier alpha value is -3.57. The first-order valence-corrected chi connectivity index (χ1v) is 11.3. The van der Waals surface area contributed by atoms with Gasteiger partial charge < -0.3 is 30.8 Å². The van der Waals surface area contributed by atoms with E-state index in [1.807, 2.05) is 0 Å². The third kappa shape index (κ3) is 3.31. The van der Waals surface area contributed by atoms with Gasteiger partial charge in [0.25, 0.3) is 0 Å². The number of nitrogens with zero attached hydrogens (tertiary/aromatic N) is 5. The van der Waals surface area contributed by atoms with Gasteiger partial charge in [0, 0.05) is 31.6 Å². The largest absolute Gasteiger partial charge is 0.421 e. The van der Waals surface area contributed by atoms with E-state index in [0.717, 1.165) is 30.4 Å². The average Bonchev–Trinajstić information content (AvgIpc) is 3.36. The molecule has 0 bridgehead atoms. The molecule has 10 nitrogen and oxygen atoms in total. The van der Waals surface area contributed by atoms with Gasteiger partial charge in [-0.15, -0.1) is 0 Å². The molecule has 2 fully saturated rings. The molecule has 1 aliphatic heterocycles. The fourth-order valence-corrected chi connectivity index (χ4v) is 5.13. The molecule has 11 heteroatoms. The van der Waals surface area contributed by atoms with E-state index < -0.39 is 6.10 Å². The van der Waals surface area contributed by atoms with E-state index in [0.29, 0.717) is 45.9 Å². The van der Waals surface area contributed by atoms with E-state index in [1.54, 1.807) is 14.0 Å². The van der Waals surface area contributed by atoms with Crippen molar-refractivity contribution in [2.24, 2.45) is 17.6 Å². The molecule has 5 N–H and O–H groups in total. The number of rotatable bonds is 5. The number of hydrogen-bond donors (Lipinski definition) is 4. The topological polar surface area (TPSA) is 138 Å². The highest BCUT2D eigenvalue weighted by Crippen LogP contribution is 2.44. The van der Waals surface area contributed by atoms with Gasteiger partial charge in [0.05, 0.1) is 29.0 Å². The van der Waals surface area contributed by atoms with Gasteiger partial charge >= 0.3 is 6.01 Å². The van der Waals surface area contributed by atoms with Crippen LogP contribution in [0.15, 0.2) is 24.5 Å². The Morgan fingerprint density at radius 1 is 1.26 bits per heavy atom. The fraction of sp³-hybridized carbons (Fsp3) is 0.391. The molecule has 4 unspecified atom stereocenters. The van der Waals surface area contributed by atoms with Crippen molar-refractivity contribution in [1.29, 1.82) is 0 Å². The van der Waals surface area contributed by atoms with Crippen LogP contribution in [-0.4, -0.2) is 56.2 Å². The summed E-state index contributed by atoms with van der Waals surface area (Å²) in [6, 6.07) is 3.27. The molecule has 4 heterocycles. The Balaban J connectivity index is 1.48. The maximum absolute atomic E-state index is 14.5. The normalized spacial score (nSPS) is 22.6. The molecule has 6 rings (SSSR count). The summed E-state index contributed by atoms with van der Waals surface area (Å²) >= 11 is 0.